The Kier molecular flexibility index (Phi) is 6.14. The monoisotopic (exact) mass is 347 g/mol. The Labute approximate surface area is 143 Å². The Morgan fingerprint density at radius 3 is 2.71 bits per heavy atom. The van der Waals surface area contributed by atoms with E-state index in [1.165, 1.54) is 7.11 Å². The summed E-state index contributed by atoms with van der Waals surface area (Å²) in [5, 5.41) is 6.58. The molecule has 0 saturated carbocycles. The van der Waals surface area contributed by atoms with Gasteiger partial charge in [0.15, 0.2) is 5.17 Å². The third-order valence-corrected chi connectivity index (χ3v) is 4.21. The van der Waals surface area contributed by atoms with Crippen molar-refractivity contribution in [2.75, 3.05) is 7.11 Å². The van der Waals surface area contributed by atoms with Gasteiger partial charge in [-0.2, -0.15) is 0 Å². The molecule has 0 spiro atoms. The maximum Gasteiger partial charge on any atom is 0.331 e. The van der Waals surface area contributed by atoms with Crippen LogP contribution in [0.1, 0.15) is 24.8 Å². The zero-order valence-corrected chi connectivity index (χ0v) is 14.1. The maximum absolute atomic E-state index is 12.3. The topological polar surface area (TPSA) is 96.9 Å². The van der Waals surface area contributed by atoms with Crippen LogP contribution in [-0.2, 0) is 19.1 Å². The molecule has 2 N–H and O–H groups in total. The van der Waals surface area contributed by atoms with E-state index in [9.17, 15) is 14.4 Å². The summed E-state index contributed by atoms with van der Waals surface area (Å²) in [6.07, 6.45) is 1.69. The van der Waals surface area contributed by atoms with E-state index in [0.717, 1.165) is 23.4 Å². The van der Waals surface area contributed by atoms with E-state index in [2.05, 4.69) is 20.6 Å². The van der Waals surface area contributed by atoms with Crippen LogP contribution < -0.4 is 10.7 Å². The van der Waals surface area contributed by atoms with Crippen LogP contribution in [0.15, 0.2) is 46.4 Å². The zero-order chi connectivity index (χ0) is 17.5. The van der Waals surface area contributed by atoms with Crippen molar-refractivity contribution in [1.29, 1.82) is 0 Å². The van der Waals surface area contributed by atoms with Crippen molar-refractivity contribution in [1.82, 2.24) is 10.7 Å². The van der Waals surface area contributed by atoms with Crippen LogP contribution in [0, 0.1) is 0 Å². The number of esters is 1. The van der Waals surface area contributed by atoms with Gasteiger partial charge < -0.3 is 4.74 Å². The van der Waals surface area contributed by atoms with Gasteiger partial charge in [-0.05, 0) is 23.7 Å². The highest BCUT2D eigenvalue weighted by atomic mass is 32.2. The molecule has 1 fully saturated rings. The molecule has 2 amide bonds. The van der Waals surface area contributed by atoms with Gasteiger partial charge in [-0.15, -0.1) is 5.10 Å². The predicted molar refractivity (Wildman–Crippen MR) is 90.9 cm³/mol. The standard InChI is InChI=1S/C16H17N3O4S/c1-3-11(10-7-5-4-6-8-10)14(21)18-19-16-17-15(22)12(24-16)9-13(20)23-2/h4-9,11H,3H2,1-2H3,(H,18,21)(H,17,19,22)/b12-9+. The second-order valence-electron chi connectivity index (χ2n) is 4.85. The minimum atomic E-state index is -0.631. The maximum atomic E-state index is 12.3. The lowest BCUT2D eigenvalue weighted by Gasteiger charge is -2.13. The van der Waals surface area contributed by atoms with Crippen molar-refractivity contribution >= 4 is 34.7 Å². The molecule has 2 rings (SSSR count). The van der Waals surface area contributed by atoms with Crippen LogP contribution in [0.25, 0.3) is 0 Å². The molecule has 24 heavy (non-hydrogen) atoms. The first kappa shape index (κ1) is 17.7. The highest BCUT2D eigenvalue weighted by Gasteiger charge is 2.26. The van der Waals surface area contributed by atoms with E-state index >= 15 is 0 Å². The van der Waals surface area contributed by atoms with Gasteiger partial charge in [-0.3, -0.25) is 14.9 Å². The number of hydrazone groups is 1. The molecule has 1 aromatic carbocycles. The molecule has 1 heterocycles. The Balaban J connectivity index is 2.03. The van der Waals surface area contributed by atoms with Crippen molar-refractivity contribution in [3.8, 4) is 0 Å². The second-order valence-corrected chi connectivity index (χ2v) is 5.88. The van der Waals surface area contributed by atoms with Gasteiger partial charge in [0.1, 0.15) is 0 Å². The lowest BCUT2D eigenvalue weighted by molar-refractivity contribution is -0.135. The fourth-order valence-electron chi connectivity index (χ4n) is 2.09. The van der Waals surface area contributed by atoms with Crippen molar-refractivity contribution in [2.24, 2.45) is 5.10 Å². The lowest BCUT2D eigenvalue weighted by atomic mass is 9.96. The average molecular weight is 347 g/mol. The minimum Gasteiger partial charge on any atom is -0.466 e. The van der Waals surface area contributed by atoms with Gasteiger partial charge in [0, 0.05) is 6.08 Å². The van der Waals surface area contributed by atoms with E-state index in [0.29, 0.717) is 6.42 Å². The summed E-state index contributed by atoms with van der Waals surface area (Å²) in [5.74, 6) is -1.69. The first-order valence-electron chi connectivity index (χ1n) is 7.26. The van der Waals surface area contributed by atoms with Crippen LogP contribution in [0.2, 0.25) is 0 Å². The molecule has 1 atom stereocenters. The molecule has 7 nitrogen and oxygen atoms in total. The summed E-state index contributed by atoms with van der Waals surface area (Å²) in [4.78, 5) is 35.3. The summed E-state index contributed by atoms with van der Waals surface area (Å²) in [7, 11) is 1.22. The largest absolute Gasteiger partial charge is 0.466 e. The summed E-state index contributed by atoms with van der Waals surface area (Å²) in [5.41, 5.74) is 3.35. The molecular formula is C16H17N3O4S. The van der Waals surface area contributed by atoms with E-state index in [4.69, 9.17) is 0 Å². The molecule has 8 heteroatoms. The number of hydrogen-bond donors (Lipinski definition) is 2. The highest BCUT2D eigenvalue weighted by Crippen LogP contribution is 2.23. The van der Waals surface area contributed by atoms with Crippen LogP contribution in [0.5, 0.6) is 0 Å². The highest BCUT2D eigenvalue weighted by molar-refractivity contribution is 8.18. The fraction of sp³-hybridized carbons (Fsp3) is 0.250. The number of amidine groups is 1. The van der Waals surface area contributed by atoms with E-state index in [1.54, 1.807) is 0 Å². The number of nitrogens with zero attached hydrogens (tertiary/aromatic N) is 1. The van der Waals surface area contributed by atoms with Gasteiger partial charge in [0.05, 0.1) is 17.9 Å². The van der Waals surface area contributed by atoms with Gasteiger partial charge in [0.25, 0.3) is 5.91 Å². The third-order valence-electron chi connectivity index (χ3n) is 3.30. The summed E-state index contributed by atoms with van der Waals surface area (Å²) < 4.78 is 4.47. The SMILES string of the molecule is CCC(C(=O)N/N=C1\NC(=O)/C(=C\C(=O)OC)S1)c1ccccc1. The number of rotatable bonds is 5. The Bertz CT molecular complexity index is 701. The molecule has 0 radical (unpaired) electrons. The van der Waals surface area contributed by atoms with Gasteiger partial charge in [0.2, 0.25) is 5.91 Å². The summed E-state index contributed by atoms with van der Waals surface area (Å²) in [6, 6.07) is 9.38. The number of amides is 2. The Morgan fingerprint density at radius 2 is 2.08 bits per heavy atom. The minimum absolute atomic E-state index is 0.157. The van der Waals surface area contributed by atoms with Crippen LogP contribution in [0.4, 0.5) is 0 Å². The zero-order valence-electron chi connectivity index (χ0n) is 13.2. The molecule has 1 saturated heterocycles. The number of nitrogens with one attached hydrogen (secondary N) is 2. The molecular weight excluding hydrogens is 330 g/mol. The smallest absolute Gasteiger partial charge is 0.331 e. The third kappa shape index (κ3) is 4.45. The van der Waals surface area contributed by atoms with Gasteiger partial charge in [-0.1, -0.05) is 37.3 Å². The van der Waals surface area contributed by atoms with Crippen LogP contribution >= 0.6 is 11.8 Å². The quantitative estimate of drug-likeness (QED) is 0.478. The second kappa shape index (κ2) is 8.30. The normalized spacial score (nSPS) is 18.3. The number of hydrogen-bond acceptors (Lipinski definition) is 6. The van der Waals surface area contributed by atoms with Crippen LogP contribution in [-0.4, -0.2) is 30.1 Å². The van der Waals surface area contributed by atoms with Crippen molar-refractivity contribution in [3.63, 3.8) is 0 Å². The van der Waals surface area contributed by atoms with Crippen LogP contribution in [0.3, 0.4) is 0 Å². The number of carbonyl (C=O) groups excluding carboxylic acids is 3. The first-order valence-corrected chi connectivity index (χ1v) is 8.08. The number of ether oxygens (including phenoxy) is 1. The molecule has 1 aromatic rings. The fourth-order valence-corrected chi connectivity index (χ4v) is 2.83. The number of thioether (sulfide) groups is 1. The molecule has 1 unspecified atom stereocenters. The van der Waals surface area contributed by atoms with E-state index in [1.807, 2.05) is 37.3 Å². The number of methoxy groups -OCH3 is 1. The van der Waals surface area contributed by atoms with E-state index < -0.39 is 11.9 Å². The average Bonchev–Trinajstić information content (AvgIpc) is 2.94. The molecule has 126 valence electrons. The predicted octanol–water partition coefficient (Wildman–Crippen LogP) is 1.49. The number of carbonyl (C=O) groups is 3. The molecule has 0 aromatic heterocycles. The lowest BCUT2D eigenvalue weighted by Crippen LogP contribution is -2.28. The number of benzene rings is 1. The summed E-state index contributed by atoms with van der Waals surface area (Å²) >= 11 is 0.954. The Hall–Kier alpha value is -2.61. The van der Waals surface area contributed by atoms with Crippen molar-refractivity contribution < 1.29 is 19.1 Å². The van der Waals surface area contributed by atoms with Crippen molar-refractivity contribution in [3.05, 3.63) is 46.9 Å². The van der Waals surface area contributed by atoms with Gasteiger partial charge >= 0.3 is 5.97 Å². The molecule has 0 bridgehead atoms. The first-order chi connectivity index (χ1) is 11.5. The van der Waals surface area contributed by atoms with Gasteiger partial charge in [-0.25, -0.2) is 10.2 Å². The molecule has 1 aliphatic heterocycles. The summed E-state index contributed by atoms with van der Waals surface area (Å²) in [6.45, 7) is 1.91. The van der Waals surface area contributed by atoms with Crippen molar-refractivity contribution in [2.45, 2.75) is 19.3 Å². The molecule has 1 aliphatic rings. The Morgan fingerprint density at radius 1 is 1.38 bits per heavy atom. The van der Waals surface area contributed by atoms with E-state index in [-0.39, 0.29) is 21.9 Å². The molecule has 0 aliphatic carbocycles.